The zero-order valence-electron chi connectivity index (χ0n) is 17.2. The first kappa shape index (κ1) is 19.0. The summed E-state index contributed by atoms with van der Waals surface area (Å²) in [4.78, 5) is 17.6. The van der Waals surface area contributed by atoms with E-state index in [-0.39, 0.29) is 22.5 Å². The highest BCUT2D eigenvalue weighted by molar-refractivity contribution is 6.33. The molecule has 6 rings (SSSR count). The SMILES string of the molecule is Cc1cn2cc(-c3cc(F)c4c(=O)n(C5CCNC6(CC6)C5)ccc4c3)cc(Cl)c2n1. The maximum Gasteiger partial charge on any atom is 0.261 e. The Morgan fingerprint density at radius 3 is 2.87 bits per heavy atom. The van der Waals surface area contributed by atoms with Gasteiger partial charge in [0.05, 0.1) is 16.1 Å². The van der Waals surface area contributed by atoms with Gasteiger partial charge in [0.1, 0.15) is 5.82 Å². The van der Waals surface area contributed by atoms with Crippen LogP contribution in [0.1, 0.15) is 37.4 Å². The fraction of sp³-hybridized carbons (Fsp3) is 0.333. The predicted molar refractivity (Wildman–Crippen MR) is 120 cm³/mol. The van der Waals surface area contributed by atoms with Gasteiger partial charge in [-0.1, -0.05) is 11.6 Å². The molecular weight excluding hydrogens is 415 g/mol. The van der Waals surface area contributed by atoms with Gasteiger partial charge in [0, 0.05) is 35.7 Å². The van der Waals surface area contributed by atoms with Crippen molar-refractivity contribution >= 4 is 28.0 Å². The monoisotopic (exact) mass is 436 g/mol. The lowest BCUT2D eigenvalue weighted by Gasteiger charge is -2.31. The standard InChI is InChI=1S/C24H22ClFN4O/c1-14-12-29-13-17(9-19(25)22(29)28-14)16-8-15-3-7-30(23(31)21(15)20(26)10-16)18-2-6-27-24(11-18)4-5-24/h3,7-10,12-13,18,27H,2,4-6,11H2,1H3. The Morgan fingerprint density at radius 1 is 1.23 bits per heavy atom. The first-order valence-corrected chi connectivity index (χ1v) is 11.0. The largest absolute Gasteiger partial charge is 0.312 e. The van der Waals surface area contributed by atoms with Gasteiger partial charge < -0.3 is 14.3 Å². The van der Waals surface area contributed by atoms with E-state index in [2.05, 4.69) is 10.3 Å². The van der Waals surface area contributed by atoms with Crippen LogP contribution in [0.25, 0.3) is 27.5 Å². The Morgan fingerprint density at radius 2 is 2.06 bits per heavy atom. The summed E-state index contributed by atoms with van der Waals surface area (Å²) in [6.07, 6.45) is 9.73. The summed E-state index contributed by atoms with van der Waals surface area (Å²) in [6.45, 7) is 2.80. The summed E-state index contributed by atoms with van der Waals surface area (Å²) in [7, 11) is 0. The molecule has 31 heavy (non-hydrogen) atoms. The normalized spacial score (nSPS) is 20.0. The molecule has 1 N–H and O–H groups in total. The van der Waals surface area contributed by atoms with Crippen LogP contribution in [0, 0.1) is 12.7 Å². The number of benzene rings is 1. The van der Waals surface area contributed by atoms with E-state index in [0.29, 0.717) is 21.6 Å². The van der Waals surface area contributed by atoms with E-state index in [1.165, 1.54) is 6.07 Å². The predicted octanol–water partition coefficient (Wildman–Crippen LogP) is 4.87. The lowest BCUT2D eigenvalue weighted by Crippen LogP contribution is -2.42. The first-order chi connectivity index (χ1) is 14.9. The van der Waals surface area contributed by atoms with E-state index in [1.54, 1.807) is 10.6 Å². The highest BCUT2D eigenvalue weighted by Crippen LogP contribution is 2.45. The van der Waals surface area contributed by atoms with Crippen molar-refractivity contribution in [2.75, 3.05) is 6.54 Å². The minimum absolute atomic E-state index is 0.116. The van der Waals surface area contributed by atoms with Gasteiger partial charge in [0.15, 0.2) is 5.65 Å². The Labute approximate surface area is 183 Å². The number of pyridine rings is 2. The van der Waals surface area contributed by atoms with Crippen molar-refractivity contribution in [2.24, 2.45) is 0 Å². The molecule has 7 heteroatoms. The second-order valence-corrected chi connectivity index (χ2v) is 9.40. The van der Waals surface area contributed by atoms with Crippen molar-refractivity contribution in [3.05, 3.63) is 69.7 Å². The van der Waals surface area contributed by atoms with Crippen LogP contribution in [0.2, 0.25) is 5.02 Å². The summed E-state index contributed by atoms with van der Waals surface area (Å²) in [5.74, 6) is -0.500. The summed E-state index contributed by atoms with van der Waals surface area (Å²) in [5.41, 5.74) is 2.93. The molecule has 1 atom stereocenters. The zero-order chi connectivity index (χ0) is 21.3. The quantitative estimate of drug-likeness (QED) is 0.487. The van der Waals surface area contributed by atoms with Gasteiger partial charge in [0.25, 0.3) is 5.56 Å². The van der Waals surface area contributed by atoms with Gasteiger partial charge in [0.2, 0.25) is 0 Å². The highest BCUT2D eigenvalue weighted by Gasteiger charge is 2.46. The molecule has 1 aromatic carbocycles. The third-order valence-electron chi connectivity index (χ3n) is 6.79. The number of halogens is 2. The number of hydrogen-bond donors (Lipinski definition) is 1. The molecule has 1 spiro atoms. The summed E-state index contributed by atoms with van der Waals surface area (Å²) in [5, 5.41) is 4.83. The molecule has 158 valence electrons. The van der Waals surface area contributed by atoms with Crippen LogP contribution in [0.5, 0.6) is 0 Å². The van der Waals surface area contributed by atoms with Gasteiger partial charge in [-0.05, 0) is 74.4 Å². The molecule has 4 aromatic rings. The van der Waals surface area contributed by atoms with Gasteiger partial charge in [-0.2, -0.15) is 0 Å². The molecule has 1 saturated carbocycles. The number of piperidine rings is 1. The van der Waals surface area contributed by atoms with Crippen molar-refractivity contribution in [3.63, 3.8) is 0 Å². The number of hydrogen-bond acceptors (Lipinski definition) is 3. The van der Waals surface area contributed by atoms with Gasteiger partial charge in [-0.15, -0.1) is 0 Å². The van der Waals surface area contributed by atoms with Crippen molar-refractivity contribution in [1.82, 2.24) is 19.3 Å². The molecular formula is C24H22ClFN4O. The van der Waals surface area contributed by atoms with Gasteiger partial charge in [-0.25, -0.2) is 9.37 Å². The Bertz CT molecular complexity index is 1420. The van der Waals surface area contributed by atoms with Crippen LogP contribution in [-0.2, 0) is 0 Å². The van der Waals surface area contributed by atoms with Crippen molar-refractivity contribution in [1.29, 1.82) is 0 Å². The fourth-order valence-electron chi connectivity index (χ4n) is 5.03. The van der Waals surface area contributed by atoms with Crippen LogP contribution in [0.3, 0.4) is 0 Å². The maximum atomic E-state index is 15.2. The number of rotatable bonds is 2. The van der Waals surface area contributed by atoms with Gasteiger partial charge in [-0.3, -0.25) is 4.79 Å². The Hall–Kier alpha value is -2.70. The summed E-state index contributed by atoms with van der Waals surface area (Å²) in [6, 6.07) is 7.04. The third-order valence-corrected chi connectivity index (χ3v) is 7.07. The molecule has 0 amide bonds. The number of imidazole rings is 1. The van der Waals surface area contributed by atoms with Crippen LogP contribution >= 0.6 is 11.6 Å². The molecule has 1 aliphatic heterocycles. The molecule has 1 saturated heterocycles. The second kappa shape index (κ2) is 6.65. The molecule has 3 aromatic heterocycles. The zero-order valence-corrected chi connectivity index (χ0v) is 17.9. The Kier molecular flexibility index (Phi) is 4.08. The van der Waals surface area contributed by atoms with E-state index in [9.17, 15) is 4.79 Å². The number of aromatic nitrogens is 3. The van der Waals surface area contributed by atoms with Crippen molar-refractivity contribution in [3.8, 4) is 11.1 Å². The summed E-state index contributed by atoms with van der Waals surface area (Å²) >= 11 is 6.41. The van der Waals surface area contributed by atoms with E-state index >= 15 is 4.39 Å². The van der Waals surface area contributed by atoms with Crippen molar-refractivity contribution < 1.29 is 4.39 Å². The highest BCUT2D eigenvalue weighted by atomic mass is 35.5. The number of nitrogens with one attached hydrogen (secondary N) is 1. The van der Waals surface area contributed by atoms with E-state index in [1.807, 2.05) is 42.0 Å². The maximum absolute atomic E-state index is 15.2. The topological polar surface area (TPSA) is 51.3 Å². The molecule has 0 radical (unpaired) electrons. The average Bonchev–Trinajstić information content (AvgIpc) is 3.35. The number of nitrogens with zero attached hydrogens (tertiary/aromatic N) is 3. The number of aryl methyl sites for hydroxylation is 1. The molecule has 2 aliphatic rings. The molecule has 4 heterocycles. The minimum atomic E-state index is -0.500. The molecule has 5 nitrogen and oxygen atoms in total. The smallest absolute Gasteiger partial charge is 0.261 e. The molecule has 0 bridgehead atoms. The third kappa shape index (κ3) is 3.08. The van der Waals surface area contributed by atoms with Crippen molar-refractivity contribution in [2.45, 2.75) is 44.2 Å². The van der Waals surface area contributed by atoms with E-state index in [0.717, 1.165) is 43.5 Å². The fourth-order valence-corrected chi connectivity index (χ4v) is 5.29. The molecule has 1 aliphatic carbocycles. The average molecular weight is 437 g/mol. The summed E-state index contributed by atoms with van der Waals surface area (Å²) < 4.78 is 18.8. The van der Waals surface area contributed by atoms with Crippen LogP contribution in [-0.4, -0.2) is 26.0 Å². The lowest BCUT2D eigenvalue weighted by molar-refractivity contribution is 0.282. The van der Waals surface area contributed by atoms with Crippen LogP contribution in [0.15, 0.2) is 47.7 Å². The first-order valence-electron chi connectivity index (χ1n) is 10.7. The van der Waals surface area contributed by atoms with Crippen LogP contribution < -0.4 is 10.9 Å². The van der Waals surface area contributed by atoms with E-state index < -0.39 is 5.82 Å². The van der Waals surface area contributed by atoms with Crippen LogP contribution in [0.4, 0.5) is 4.39 Å². The number of fused-ring (bicyclic) bond motifs is 2. The van der Waals surface area contributed by atoms with Gasteiger partial charge >= 0.3 is 0 Å². The lowest BCUT2D eigenvalue weighted by atomic mass is 9.96. The second-order valence-electron chi connectivity index (χ2n) is 8.99. The molecule has 2 fully saturated rings. The van der Waals surface area contributed by atoms with E-state index in [4.69, 9.17) is 11.6 Å². The Balaban J connectivity index is 1.45. The minimum Gasteiger partial charge on any atom is -0.312 e. The molecule has 1 unspecified atom stereocenters.